The van der Waals surface area contributed by atoms with Gasteiger partial charge >= 0.3 is 6.18 Å². The molecule has 1 aromatic heterocycles. The Balaban J connectivity index is 1.84. The van der Waals surface area contributed by atoms with E-state index in [0.29, 0.717) is 17.9 Å². The lowest BCUT2D eigenvalue weighted by Gasteiger charge is -2.12. The molecule has 0 saturated heterocycles. The maximum absolute atomic E-state index is 13.2. The predicted molar refractivity (Wildman–Crippen MR) is 112 cm³/mol. The zero-order valence-corrected chi connectivity index (χ0v) is 16.6. The lowest BCUT2D eigenvalue weighted by molar-refractivity contribution is -0.141. The van der Waals surface area contributed by atoms with E-state index in [4.69, 9.17) is 4.84 Å². The lowest BCUT2D eigenvalue weighted by Crippen LogP contribution is -2.18. The van der Waals surface area contributed by atoms with Crippen molar-refractivity contribution in [3.8, 4) is 11.1 Å². The fourth-order valence-electron chi connectivity index (χ4n) is 2.84. The van der Waals surface area contributed by atoms with Crippen molar-refractivity contribution in [3.05, 3.63) is 84.2 Å². The van der Waals surface area contributed by atoms with E-state index in [1.54, 1.807) is 48.7 Å². The molecule has 0 spiro atoms. The van der Waals surface area contributed by atoms with Crippen LogP contribution < -0.4 is 5.32 Å². The Morgan fingerprint density at radius 3 is 2.61 bits per heavy atom. The first-order valence-electron chi connectivity index (χ1n) is 9.17. The minimum Gasteiger partial charge on any atom is -0.392 e. The van der Waals surface area contributed by atoms with E-state index in [9.17, 15) is 18.0 Å². The fraction of sp³-hybridized carbons (Fsp3) is 0.136. The maximum Gasteiger partial charge on any atom is 0.435 e. The summed E-state index contributed by atoms with van der Waals surface area (Å²) in [6, 6.07) is 14.1. The normalized spacial score (nSPS) is 11.5. The molecule has 0 saturated carbocycles. The number of nitrogens with one attached hydrogen (secondary N) is 1. The molecule has 2 aromatic carbocycles. The van der Waals surface area contributed by atoms with Crippen molar-refractivity contribution in [3.63, 3.8) is 0 Å². The van der Waals surface area contributed by atoms with Crippen LogP contribution in [0.25, 0.3) is 11.1 Å². The smallest absolute Gasteiger partial charge is 0.392 e. The highest BCUT2D eigenvalue weighted by Gasteiger charge is 2.39. The first-order chi connectivity index (χ1) is 14.8. The number of alkyl halides is 3. The zero-order chi connectivity index (χ0) is 22.4. The van der Waals surface area contributed by atoms with Gasteiger partial charge in [0.1, 0.15) is 6.61 Å². The SMILES string of the molecule is C=CCO/N=C\c1ccc(-c2ccccc2NC(=O)c2cn(C)nc2C(F)(F)F)cc1. The second-order valence-electron chi connectivity index (χ2n) is 6.50. The molecule has 1 heterocycles. The van der Waals surface area contributed by atoms with Gasteiger partial charge in [-0.1, -0.05) is 60.3 Å². The number of nitrogens with zero attached hydrogens (tertiary/aromatic N) is 3. The molecule has 31 heavy (non-hydrogen) atoms. The molecule has 0 aliphatic rings. The summed E-state index contributed by atoms with van der Waals surface area (Å²) in [7, 11) is 1.33. The summed E-state index contributed by atoms with van der Waals surface area (Å²) in [6.07, 6.45) is -0.569. The molecule has 9 heteroatoms. The monoisotopic (exact) mass is 428 g/mol. The summed E-state index contributed by atoms with van der Waals surface area (Å²) in [4.78, 5) is 17.6. The number of carbonyl (C=O) groups is 1. The molecule has 0 fully saturated rings. The minimum atomic E-state index is -4.74. The van der Waals surface area contributed by atoms with Gasteiger partial charge in [0.2, 0.25) is 0 Å². The number of anilines is 1. The van der Waals surface area contributed by atoms with Crippen molar-refractivity contribution in [1.82, 2.24) is 9.78 Å². The first-order valence-corrected chi connectivity index (χ1v) is 9.17. The number of oxime groups is 1. The number of halogens is 3. The van der Waals surface area contributed by atoms with Crippen molar-refractivity contribution in [1.29, 1.82) is 0 Å². The molecular weight excluding hydrogens is 409 g/mol. The van der Waals surface area contributed by atoms with Crippen LogP contribution in [0.2, 0.25) is 0 Å². The van der Waals surface area contributed by atoms with Crippen LogP contribution >= 0.6 is 0 Å². The van der Waals surface area contributed by atoms with E-state index in [1.165, 1.54) is 7.05 Å². The minimum absolute atomic E-state index is 0.300. The van der Waals surface area contributed by atoms with E-state index < -0.39 is 23.3 Å². The Labute approximate surface area is 176 Å². The molecule has 1 amide bonds. The summed E-state index contributed by atoms with van der Waals surface area (Å²) in [5, 5.41) is 9.74. The summed E-state index contributed by atoms with van der Waals surface area (Å²) in [6.45, 7) is 3.83. The van der Waals surface area contributed by atoms with Crippen molar-refractivity contribution < 1.29 is 22.8 Å². The second kappa shape index (κ2) is 9.29. The van der Waals surface area contributed by atoms with Gasteiger partial charge in [0.15, 0.2) is 5.69 Å². The lowest BCUT2D eigenvalue weighted by atomic mass is 10.0. The molecule has 1 N–H and O–H groups in total. The molecule has 0 aliphatic carbocycles. The Morgan fingerprint density at radius 1 is 1.23 bits per heavy atom. The van der Waals surface area contributed by atoms with Crippen molar-refractivity contribution in [2.75, 3.05) is 11.9 Å². The quantitative estimate of drug-likeness (QED) is 0.252. The van der Waals surface area contributed by atoms with Gasteiger partial charge < -0.3 is 10.2 Å². The van der Waals surface area contributed by atoms with Crippen LogP contribution in [0.1, 0.15) is 21.6 Å². The Kier molecular flexibility index (Phi) is 6.54. The van der Waals surface area contributed by atoms with Crippen molar-refractivity contribution in [2.45, 2.75) is 6.18 Å². The highest BCUT2D eigenvalue weighted by Crippen LogP contribution is 2.32. The van der Waals surface area contributed by atoms with E-state index in [2.05, 4.69) is 22.2 Å². The number of benzene rings is 2. The van der Waals surface area contributed by atoms with E-state index in [-0.39, 0.29) is 0 Å². The van der Waals surface area contributed by atoms with Crippen LogP contribution in [0.15, 0.2) is 72.5 Å². The maximum atomic E-state index is 13.2. The van der Waals surface area contributed by atoms with Crippen molar-refractivity contribution in [2.24, 2.45) is 12.2 Å². The van der Waals surface area contributed by atoms with Gasteiger partial charge in [-0.15, -0.1) is 0 Å². The van der Waals surface area contributed by atoms with Gasteiger partial charge in [-0.3, -0.25) is 9.48 Å². The summed E-state index contributed by atoms with van der Waals surface area (Å²) in [5.41, 5.74) is 0.810. The van der Waals surface area contributed by atoms with Crippen LogP contribution in [0.3, 0.4) is 0 Å². The summed E-state index contributed by atoms with van der Waals surface area (Å²) in [5.74, 6) is -0.893. The standard InChI is InChI=1S/C22H19F3N4O2/c1-3-12-31-26-13-15-8-10-16(11-9-15)17-6-4-5-7-19(17)27-21(30)18-14-29(2)28-20(18)22(23,24)25/h3-11,13-14H,1,12H2,2H3,(H,27,30)/b26-13-. The molecule has 3 rings (SSSR count). The fourth-order valence-corrected chi connectivity index (χ4v) is 2.84. The van der Waals surface area contributed by atoms with E-state index in [1.807, 2.05) is 12.1 Å². The van der Waals surface area contributed by atoms with Crippen LogP contribution in [0, 0.1) is 0 Å². The van der Waals surface area contributed by atoms with Crippen molar-refractivity contribution >= 4 is 17.8 Å². The van der Waals surface area contributed by atoms with Gasteiger partial charge in [-0.25, -0.2) is 0 Å². The molecule has 0 radical (unpaired) electrons. The van der Waals surface area contributed by atoms with Gasteiger partial charge in [0.05, 0.1) is 11.8 Å². The van der Waals surface area contributed by atoms with Crippen LogP contribution in [-0.4, -0.2) is 28.5 Å². The second-order valence-corrected chi connectivity index (χ2v) is 6.50. The highest BCUT2D eigenvalue weighted by molar-refractivity contribution is 6.07. The number of hydrogen-bond acceptors (Lipinski definition) is 4. The first kappa shape index (κ1) is 21.8. The molecule has 6 nitrogen and oxygen atoms in total. The van der Waals surface area contributed by atoms with Crippen LogP contribution in [-0.2, 0) is 18.1 Å². The largest absolute Gasteiger partial charge is 0.435 e. The third-order valence-electron chi connectivity index (χ3n) is 4.21. The number of amides is 1. The average molecular weight is 428 g/mol. The predicted octanol–water partition coefficient (Wildman–Crippen LogP) is 4.89. The van der Waals surface area contributed by atoms with E-state index >= 15 is 0 Å². The number of aromatic nitrogens is 2. The molecule has 0 bridgehead atoms. The van der Waals surface area contributed by atoms with E-state index in [0.717, 1.165) is 22.0 Å². The number of rotatable bonds is 7. The third kappa shape index (κ3) is 5.39. The molecule has 0 unspecified atom stereocenters. The molecule has 160 valence electrons. The molecular formula is C22H19F3N4O2. The number of aryl methyl sites for hydroxylation is 1. The molecule has 0 atom stereocenters. The van der Waals surface area contributed by atoms with Gasteiger partial charge in [0, 0.05) is 24.5 Å². The van der Waals surface area contributed by atoms with Gasteiger partial charge in [0.25, 0.3) is 5.91 Å². The topological polar surface area (TPSA) is 68.5 Å². The Bertz CT molecular complexity index is 1100. The average Bonchev–Trinajstić information content (AvgIpc) is 3.15. The third-order valence-corrected chi connectivity index (χ3v) is 4.21. The van der Waals surface area contributed by atoms with Crippen LogP contribution in [0.4, 0.5) is 18.9 Å². The van der Waals surface area contributed by atoms with Crippen LogP contribution in [0.5, 0.6) is 0 Å². The summed E-state index contributed by atoms with van der Waals surface area (Å²) >= 11 is 0. The Hall–Kier alpha value is -3.88. The number of carbonyl (C=O) groups excluding carboxylic acids is 1. The number of hydrogen-bond donors (Lipinski definition) is 1. The Morgan fingerprint density at radius 2 is 1.94 bits per heavy atom. The number of para-hydroxylation sites is 1. The summed E-state index contributed by atoms with van der Waals surface area (Å²) < 4.78 is 40.5. The molecule has 3 aromatic rings. The van der Waals surface area contributed by atoms with Gasteiger partial charge in [-0.05, 0) is 17.2 Å². The zero-order valence-electron chi connectivity index (χ0n) is 16.6. The molecule has 0 aliphatic heterocycles. The van der Waals surface area contributed by atoms with Gasteiger partial charge in [-0.2, -0.15) is 18.3 Å². The highest BCUT2D eigenvalue weighted by atomic mass is 19.4.